The summed E-state index contributed by atoms with van der Waals surface area (Å²) in [6.45, 7) is 0. The summed E-state index contributed by atoms with van der Waals surface area (Å²) in [5.41, 5.74) is -2.03. The molecule has 0 bridgehead atoms. The van der Waals surface area contributed by atoms with E-state index in [9.17, 15) is 0 Å². The van der Waals surface area contributed by atoms with Crippen LogP contribution in [0.2, 0.25) is 0 Å². The van der Waals surface area contributed by atoms with Crippen molar-refractivity contribution in [3.05, 3.63) is 91.0 Å². The van der Waals surface area contributed by atoms with Gasteiger partial charge in [0, 0.05) is 0 Å². The summed E-state index contributed by atoms with van der Waals surface area (Å²) in [4.78, 5) is 0. The Morgan fingerprint density at radius 2 is 0.800 bits per heavy atom. The molecule has 0 heterocycles. The van der Waals surface area contributed by atoms with Crippen LogP contribution < -0.4 is 15.9 Å². The number of hydrogen-bond donors (Lipinski definition) is 2. The van der Waals surface area contributed by atoms with Gasteiger partial charge in [-0.25, -0.2) is 0 Å². The van der Waals surface area contributed by atoms with Crippen molar-refractivity contribution in [2.75, 3.05) is 0 Å². The Labute approximate surface area is 158 Å². The van der Waals surface area contributed by atoms with Crippen molar-refractivity contribution < 1.29 is 36.2 Å². The predicted molar refractivity (Wildman–Crippen MR) is 101 cm³/mol. The van der Waals surface area contributed by atoms with Gasteiger partial charge in [-0.05, 0) is 0 Å². The predicted octanol–water partition coefficient (Wildman–Crippen LogP) is 2.52. The molecule has 0 saturated carbocycles. The van der Waals surface area contributed by atoms with Crippen molar-refractivity contribution >= 4 is 31.8 Å². The average molecular weight is 468 g/mol. The third-order valence-electron chi connectivity index (χ3n) is 3.46. The van der Waals surface area contributed by atoms with Gasteiger partial charge in [0.25, 0.3) is 0 Å². The van der Waals surface area contributed by atoms with Crippen LogP contribution in [0.3, 0.4) is 0 Å². The Hall–Kier alpha value is -1.38. The Morgan fingerprint density at radius 1 is 0.600 bits per heavy atom. The van der Waals surface area contributed by atoms with Crippen molar-refractivity contribution in [2.45, 2.75) is 0 Å². The Morgan fingerprint density at radius 3 is 1.00 bits per heavy atom. The fourth-order valence-electron chi connectivity index (χ4n) is 2.47. The number of rotatable bonds is 3. The zero-order valence-corrected chi connectivity index (χ0v) is 16.5. The van der Waals surface area contributed by atoms with Gasteiger partial charge in [0.15, 0.2) is 0 Å². The minimum atomic E-state index is -4.67. The minimum absolute atomic E-state index is 1.39. The molecule has 0 unspecified atom stereocenters. The van der Waals surface area contributed by atoms with Crippen LogP contribution in [0, 0.1) is 0 Å². The molecule has 0 fully saturated rings. The molecule has 2 N–H and O–H groups in total. The molecule has 0 amide bonds. The third kappa shape index (κ3) is 5.83. The van der Waals surface area contributed by atoms with E-state index in [0.717, 1.165) is 0 Å². The SMILES string of the molecule is O=S(=O)(O)O.[Pd][PH](c1ccccc1)(c1ccccc1)c1ccccc1. The van der Waals surface area contributed by atoms with Crippen LogP contribution in [0.4, 0.5) is 0 Å². The van der Waals surface area contributed by atoms with E-state index < -0.39 is 15.9 Å². The van der Waals surface area contributed by atoms with Crippen molar-refractivity contribution in [1.29, 1.82) is 0 Å². The van der Waals surface area contributed by atoms with Crippen molar-refractivity contribution in [2.24, 2.45) is 0 Å². The Bertz CT molecular complexity index is 783. The molecule has 0 atom stereocenters. The fraction of sp³-hybridized carbons (Fsp3) is 0. The molecule has 135 valence electrons. The van der Waals surface area contributed by atoms with E-state index in [1.807, 2.05) is 0 Å². The van der Waals surface area contributed by atoms with Gasteiger partial charge in [0.2, 0.25) is 0 Å². The van der Waals surface area contributed by atoms with Crippen LogP contribution >= 0.6 is 5.45 Å². The first-order valence-electron chi connectivity index (χ1n) is 7.34. The van der Waals surface area contributed by atoms with Crippen molar-refractivity contribution in [1.82, 2.24) is 0 Å². The van der Waals surface area contributed by atoms with E-state index in [4.69, 9.17) is 17.5 Å². The van der Waals surface area contributed by atoms with Crippen LogP contribution in [0.25, 0.3) is 0 Å². The molecule has 3 aromatic carbocycles. The summed E-state index contributed by atoms with van der Waals surface area (Å²) in [6, 6.07) is 32.3. The second-order valence-corrected chi connectivity index (χ2v) is 12.5. The molecule has 0 aromatic heterocycles. The monoisotopic (exact) mass is 467 g/mol. The molecular weight excluding hydrogens is 450 g/mol. The quantitative estimate of drug-likeness (QED) is 0.353. The topological polar surface area (TPSA) is 74.6 Å². The molecule has 3 aromatic rings. The van der Waals surface area contributed by atoms with E-state index in [1.54, 1.807) is 0 Å². The molecule has 25 heavy (non-hydrogen) atoms. The normalized spacial score (nSPS) is 12.0. The fourth-order valence-corrected chi connectivity index (χ4v) is 7.70. The number of benzene rings is 3. The van der Waals surface area contributed by atoms with E-state index in [2.05, 4.69) is 110 Å². The molecule has 0 aliphatic rings. The van der Waals surface area contributed by atoms with Crippen molar-refractivity contribution in [3.8, 4) is 0 Å². The molecule has 0 aliphatic heterocycles. The first-order chi connectivity index (χ1) is 11.8. The summed E-state index contributed by atoms with van der Waals surface area (Å²) in [5, 5.41) is 4.17. The molecule has 3 rings (SSSR count). The van der Waals surface area contributed by atoms with Gasteiger partial charge < -0.3 is 0 Å². The zero-order valence-electron chi connectivity index (χ0n) is 13.1. The van der Waals surface area contributed by atoms with Gasteiger partial charge in [0.1, 0.15) is 0 Å². The summed E-state index contributed by atoms with van der Waals surface area (Å²) in [6.07, 6.45) is 0. The maximum absolute atomic E-state index is 8.74. The molecular formula is C18H18O4PPdS. The Kier molecular flexibility index (Phi) is 7.04. The second kappa shape index (κ2) is 8.82. The van der Waals surface area contributed by atoms with Crippen LogP contribution in [-0.2, 0) is 29.1 Å². The standard InChI is InChI=1S/C18H15P.H2O4S.Pd/c1-4-10-16(11-5-1)19(17-12-6-2-7-13-17)18-14-8-3-9-15-18;1-5(2,3)4;/h1-15H;(H2,1,2,3,4);/q;;-1/p+1. The van der Waals surface area contributed by atoms with Crippen molar-refractivity contribution in [3.63, 3.8) is 0 Å². The zero-order chi connectivity index (χ0) is 18.3. The van der Waals surface area contributed by atoms with Crippen LogP contribution in [-0.4, -0.2) is 17.5 Å². The van der Waals surface area contributed by atoms with E-state index >= 15 is 0 Å². The second-order valence-electron chi connectivity index (χ2n) is 5.16. The molecule has 7 heteroatoms. The summed E-state index contributed by atoms with van der Waals surface area (Å²) in [7, 11) is -4.67. The number of hydrogen-bond acceptors (Lipinski definition) is 2. The molecule has 0 saturated heterocycles. The van der Waals surface area contributed by atoms with Gasteiger partial charge >= 0.3 is 141 Å². The molecule has 4 nitrogen and oxygen atoms in total. The summed E-state index contributed by atoms with van der Waals surface area (Å²) < 4.78 is 31.6. The summed E-state index contributed by atoms with van der Waals surface area (Å²) in [5.74, 6) is 0. The van der Waals surface area contributed by atoms with Crippen LogP contribution in [0.1, 0.15) is 0 Å². The first-order valence-corrected chi connectivity index (χ1v) is 12.9. The van der Waals surface area contributed by atoms with E-state index in [1.165, 1.54) is 15.9 Å². The van der Waals surface area contributed by atoms with Gasteiger partial charge in [-0.1, -0.05) is 0 Å². The van der Waals surface area contributed by atoms with Crippen LogP contribution in [0.15, 0.2) is 91.0 Å². The molecule has 0 spiro atoms. The molecule has 0 radical (unpaired) electrons. The van der Waals surface area contributed by atoms with E-state index in [0.29, 0.717) is 0 Å². The maximum atomic E-state index is 8.74. The van der Waals surface area contributed by atoms with Gasteiger partial charge in [-0.15, -0.1) is 0 Å². The third-order valence-corrected chi connectivity index (χ3v) is 10.8. The van der Waals surface area contributed by atoms with Gasteiger partial charge in [0.05, 0.1) is 0 Å². The van der Waals surface area contributed by atoms with E-state index in [-0.39, 0.29) is 0 Å². The summed E-state index contributed by atoms with van der Waals surface area (Å²) >= 11 is 3.81. The Balaban J connectivity index is 0.000000399. The van der Waals surface area contributed by atoms with Gasteiger partial charge in [-0.2, -0.15) is 8.42 Å². The van der Waals surface area contributed by atoms with Crippen LogP contribution in [0.5, 0.6) is 0 Å². The first kappa shape index (κ1) is 19.9. The molecule has 0 aliphatic carbocycles. The average Bonchev–Trinajstić information content (AvgIpc) is 2.62. The van der Waals surface area contributed by atoms with Gasteiger partial charge in [-0.3, -0.25) is 9.11 Å².